The highest BCUT2D eigenvalue weighted by Gasteiger charge is 2.27. The molecule has 0 heterocycles. The van der Waals surface area contributed by atoms with Crippen LogP contribution in [0, 0.1) is 0 Å². The van der Waals surface area contributed by atoms with Crippen LogP contribution in [-0.4, -0.2) is 73.4 Å². The first kappa shape index (κ1) is 64.7. The fourth-order valence-electron chi connectivity index (χ4n) is 8.35. The molecule has 0 bridgehead atoms. The number of phosphoric acid groups is 1. The van der Waals surface area contributed by atoms with E-state index in [1.807, 2.05) is 27.2 Å². The van der Waals surface area contributed by atoms with Crippen molar-refractivity contribution in [2.45, 2.75) is 283 Å². The van der Waals surface area contributed by atoms with E-state index in [9.17, 15) is 19.4 Å². The predicted molar refractivity (Wildman–Crippen MR) is 286 cm³/mol. The first-order chi connectivity index (χ1) is 32.0. The molecule has 0 spiro atoms. The number of carbonyl (C=O) groups is 1. The number of amides is 1. The molecule has 390 valence electrons. The predicted octanol–water partition coefficient (Wildman–Crippen LogP) is 17.0. The monoisotopic (exact) mass is 952 g/mol. The van der Waals surface area contributed by atoms with Crippen LogP contribution in [0.1, 0.15) is 271 Å². The van der Waals surface area contributed by atoms with E-state index < -0.39 is 20.0 Å². The Morgan fingerprint density at radius 1 is 0.500 bits per heavy atom. The lowest BCUT2D eigenvalue weighted by Crippen LogP contribution is -2.45. The lowest BCUT2D eigenvalue weighted by atomic mass is 10.0. The van der Waals surface area contributed by atoms with Crippen LogP contribution >= 0.6 is 7.82 Å². The summed E-state index contributed by atoms with van der Waals surface area (Å²) in [6, 6.07) is -0.866. The van der Waals surface area contributed by atoms with Crippen molar-refractivity contribution in [1.29, 1.82) is 0 Å². The summed E-state index contributed by atoms with van der Waals surface area (Å²) in [6.07, 6.45) is 62.7. The number of carbonyl (C=O) groups excluding carboxylic acids is 1. The van der Waals surface area contributed by atoms with Gasteiger partial charge in [-0.05, 0) is 57.8 Å². The molecule has 0 saturated heterocycles. The van der Waals surface area contributed by atoms with Gasteiger partial charge in [-0.2, -0.15) is 0 Å². The maximum Gasteiger partial charge on any atom is 0.472 e. The Labute approximate surface area is 410 Å². The highest BCUT2D eigenvalue weighted by atomic mass is 31.2. The first-order valence-corrected chi connectivity index (χ1v) is 29.9. The van der Waals surface area contributed by atoms with Crippen molar-refractivity contribution in [1.82, 2.24) is 5.32 Å². The Bertz CT molecular complexity index is 1170. The number of quaternary nitrogens is 1. The van der Waals surface area contributed by atoms with E-state index in [0.29, 0.717) is 17.4 Å². The fourth-order valence-corrected chi connectivity index (χ4v) is 9.08. The van der Waals surface area contributed by atoms with Gasteiger partial charge in [-0.3, -0.25) is 13.8 Å². The Kier molecular flexibility index (Phi) is 47.8. The van der Waals surface area contributed by atoms with Crippen LogP contribution in [-0.2, 0) is 18.4 Å². The normalized spacial score (nSPS) is 14.2. The van der Waals surface area contributed by atoms with Gasteiger partial charge in [-0.25, -0.2) is 4.57 Å². The van der Waals surface area contributed by atoms with Crippen LogP contribution in [0.25, 0.3) is 0 Å². The van der Waals surface area contributed by atoms with Crippen molar-refractivity contribution in [3.63, 3.8) is 0 Å². The van der Waals surface area contributed by atoms with Crippen LogP contribution < -0.4 is 5.32 Å². The smallest absolute Gasteiger partial charge is 0.387 e. The molecule has 0 aliphatic rings. The summed E-state index contributed by atoms with van der Waals surface area (Å²) in [4.78, 5) is 23.2. The van der Waals surface area contributed by atoms with E-state index in [2.05, 4.69) is 43.5 Å². The van der Waals surface area contributed by atoms with Gasteiger partial charge in [0.05, 0.1) is 39.9 Å². The molecule has 3 N–H and O–H groups in total. The zero-order valence-electron chi connectivity index (χ0n) is 44.4. The molecule has 0 aliphatic heterocycles. The molecule has 66 heavy (non-hydrogen) atoms. The van der Waals surface area contributed by atoms with Crippen molar-refractivity contribution < 1.29 is 32.9 Å². The van der Waals surface area contributed by atoms with Gasteiger partial charge in [0.1, 0.15) is 13.2 Å². The van der Waals surface area contributed by atoms with Gasteiger partial charge < -0.3 is 19.8 Å². The second-order valence-electron chi connectivity index (χ2n) is 20.7. The van der Waals surface area contributed by atoms with E-state index in [1.165, 1.54) is 199 Å². The Hall–Kier alpha value is -1.28. The maximum absolute atomic E-state index is 12.9. The average Bonchev–Trinajstić information content (AvgIpc) is 3.28. The molecule has 0 aliphatic carbocycles. The van der Waals surface area contributed by atoms with Crippen molar-refractivity contribution in [3.8, 4) is 0 Å². The number of rotatable bonds is 52. The molecule has 0 aromatic carbocycles. The number of phosphoric ester groups is 1. The second-order valence-corrected chi connectivity index (χ2v) is 22.1. The van der Waals surface area contributed by atoms with Crippen molar-refractivity contribution in [2.24, 2.45) is 0 Å². The Balaban J connectivity index is 4.09. The molecule has 0 rings (SSSR count). The number of nitrogens with zero attached hydrogens (tertiary/aromatic N) is 1. The van der Waals surface area contributed by atoms with E-state index in [4.69, 9.17) is 9.05 Å². The van der Waals surface area contributed by atoms with Crippen molar-refractivity contribution in [2.75, 3.05) is 40.9 Å². The number of hydrogen-bond donors (Lipinski definition) is 3. The first-order valence-electron chi connectivity index (χ1n) is 28.4. The molecule has 3 unspecified atom stereocenters. The maximum atomic E-state index is 12.9. The number of aliphatic hydroxyl groups is 1. The third-order valence-corrected chi connectivity index (χ3v) is 13.8. The van der Waals surface area contributed by atoms with Crippen LogP contribution in [0.5, 0.6) is 0 Å². The molecule has 0 aromatic heterocycles. The standard InChI is InChI=1S/C57H111N2O6P/c1-6-8-10-12-14-16-18-20-21-22-23-24-25-26-27-28-29-30-31-32-33-34-35-36-37-38-39-40-42-44-46-48-50-56(60)55(54-65-66(62,63)64-53-52-59(3,4)5)58-57(61)51-49-47-45-43-41-19-17-15-13-11-9-7-2/h15,17,40,42,48,50,55-56,60H,6-14,16,18-39,41,43-47,49,51-54H2,1-5H3,(H-,58,61,62,63)/p+1/b17-15-,42-40+,50-48+. The molecule has 3 atom stereocenters. The second kappa shape index (κ2) is 48.7. The van der Waals surface area contributed by atoms with Gasteiger partial charge in [0.25, 0.3) is 0 Å². The number of unbranched alkanes of at least 4 members (excludes halogenated alkanes) is 35. The van der Waals surface area contributed by atoms with Gasteiger partial charge in [0.15, 0.2) is 0 Å². The summed E-state index contributed by atoms with van der Waals surface area (Å²) < 4.78 is 23.6. The summed E-state index contributed by atoms with van der Waals surface area (Å²) in [5, 5.41) is 13.9. The number of allylic oxidation sites excluding steroid dienone is 5. The van der Waals surface area contributed by atoms with E-state index in [0.717, 1.165) is 51.4 Å². The number of hydrogen-bond acceptors (Lipinski definition) is 5. The zero-order valence-corrected chi connectivity index (χ0v) is 45.3. The summed E-state index contributed by atoms with van der Waals surface area (Å²) in [5.41, 5.74) is 0. The number of nitrogens with one attached hydrogen (secondary N) is 1. The summed E-state index contributed by atoms with van der Waals surface area (Å²) in [7, 11) is 1.55. The highest BCUT2D eigenvalue weighted by molar-refractivity contribution is 7.47. The summed E-state index contributed by atoms with van der Waals surface area (Å²) in [6.45, 7) is 4.78. The molecule has 1 amide bonds. The number of likely N-dealkylation sites (N-methyl/N-ethyl adjacent to an activating group) is 1. The van der Waals surface area contributed by atoms with Crippen LogP contribution in [0.4, 0.5) is 0 Å². The molecular weight excluding hydrogens is 840 g/mol. The molecule has 9 heteroatoms. The summed E-state index contributed by atoms with van der Waals surface area (Å²) >= 11 is 0. The van der Waals surface area contributed by atoms with Crippen molar-refractivity contribution >= 4 is 13.7 Å². The third kappa shape index (κ3) is 50.6. The molecular formula is C57H112N2O6P+. The van der Waals surface area contributed by atoms with E-state index >= 15 is 0 Å². The zero-order chi connectivity index (χ0) is 48.5. The van der Waals surface area contributed by atoms with Gasteiger partial charge in [0.2, 0.25) is 5.91 Å². The third-order valence-electron chi connectivity index (χ3n) is 12.8. The van der Waals surface area contributed by atoms with Crippen LogP contribution in [0.3, 0.4) is 0 Å². The summed E-state index contributed by atoms with van der Waals surface area (Å²) in [5.74, 6) is -0.196. The SMILES string of the molecule is CCCCC/C=C\CCCCCCCC(=O)NC(COP(=O)(O)OCC[N+](C)(C)C)C(O)/C=C/CC/C=C/CCCCCCCCCCCCCCCCCCCCCCCCCCCC. The Morgan fingerprint density at radius 3 is 1.24 bits per heavy atom. The van der Waals surface area contributed by atoms with Crippen molar-refractivity contribution in [3.05, 3.63) is 36.5 Å². The van der Waals surface area contributed by atoms with Gasteiger partial charge in [-0.1, -0.05) is 243 Å². The minimum Gasteiger partial charge on any atom is -0.387 e. The van der Waals surface area contributed by atoms with Gasteiger partial charge >= 0.3 is 7.82 Å². The molecule has 0 aromatic rings. The molecule has 0 fully saturated rings. The van der Waals surface area contributed by atoms with E-state index in [1.54, 1.807) is 6.08 Å². The van der Waals surface area contributed by atoms with E-state index in [-0.39, 0.29) is 19.1 Å². The highest BCUT2D eigenvalue weighted by Crippen LogP contribution is 2.43. The lowest BCUT2D eigenvalue weighted by Gasteiger charge is -2.25. The number of aliphatic hydroxyl groups excluding tert-OH is 1. The molecule has 8 nitrogen and oxygen atoms in total. The van der Waals surface area contributed by atoms with Gasteiger partial charge in [-0.15, -0.1) is 0 Å². The van der Waals surface area contributed by atoms with Gasteiger partial charge in [0, 0.05) is 6.42 Å². The minimum atomic E-state index is -4.35. The fraction of sp³-hybridized carbons (Fsp3) is 0.877. The van der Waals surface area contributed by atoms with Crippen LogP contribution in [0.2, 0.25) is 0 Å². The minimum absolute atomic E-state index is 0.0548. The topological polar surface area (TPSA) is 105 Å². The average molecular weight is 953 g/mol. The van der Waals surface area contributed by atoms with Crippen LogP contribution in [0.15, 0.2) is 36.5 Å². The molecule has 0 saturated carbocycles. The largest absolute Gasteiger partial charge is 0.472 e. The quantitative estimate of drug-likeness (QED) is 0.0243. The lowest BCUT2D eigenvalue weighted by molar-refractivity contribution is -0.870. The Morgan fingerprint density at radius 2 is 0.833 bits per heavy atom. The molecule has 0 radical (unpaired) electrons.